The molecule has 2 fully saturated rings. The summed E-state index contributed by atoms with van der Waals surface area (Å²) in [5, 5.41) is 0. The Hall–Kier alpha value is -3.28. The lowest BCUT2D eigenvalue weighted by Crippen LogP contribution is -2.66. The topological polar surface area (TPSA) is 38.8 Å². The van der Waals surface area contributed by atoms with E-state index in [1.54, 1.807) is 19.1 Å². The second-order valence-corrected chi connectivity index (χ2v) is 12.3. The van der Waals surface area contributed by atoms with Gasteiger partial charge in [-0.3, -0.25) is 4.79 Å². The molecule has 4 nitrogen and oxygen atoms in total. The number of hydrogen-bond donors (Lipinski definition) is 0. The molecule has 41 heavy (non-hydrogen) atoms. The lowest BCUT2D eigenvalue weighted by atomic mass is 9.39. The maximum Gasteiger partial charge on any atom is 0.318 e. The first-order chi connectivity index (χ1) is 19.8. The van der Waals surface area contributed by atoms with E-state index >= 15 is 0 Å². The zero-order valence-electron chi connectivity index (χ0n) is 24.5. The number of nitrogens with zero attached hydrogens (tertiary/aromatic N) is 1. The highest BCUT2D eigenvalue weighted by Crippen LogP contribution is 2.72. The number of carbonyl (C=O) groups is 1. The van der Waals surface area contributed by atoms with Crippen LogP contribution in [0.1, 0.15) is 54.9 Å². The summed E-state index contributed by atoms with van der Waals surface area (Å²) in [5.74, 6) is -0.194. The molecule has 2 bridgehead atoms. The number of benzene rings is 3. The highest BCUT2D eigenvalue weighted by Gasteiger charge is 2.73. The van der Waals surface area contributed by atoms with Crippen LogP contribution in [0, 0.1) is 17.2 Å². The maximum absolute atomic E-state index is 13.6. The smallest absolute Gasteiger partial charge is 0.318 e. The molecule has 2 spiro atoms. The van der Waals surface area contributed by atoms with Crippen LogP contribution < -0.4 is 4.74 Å². The molecule has 3 aliphatic carbocycles. The number of fused-ring (bicyclic) bond motifs is 1. The summed E-state index contributed by atoms with van der Waals surface area (Å²) in [6.07, 6.45) is 9.02. The number of esters is 1. The number of likely N-dealkylation sites (N-methyl/N-ethyl adjacent to an activating group) is 1. The lowest BCUT2D eigenvalue weighted by Gasteiger charge is -2.64. The number of carbonyl (C=O) groups excluding carboxylic acids is 1. The fraction of sp³-hybridized carbons (Fsp3) is 0.417. The van der Waals surface area contributed by atoms with Crippen molar-refractivity contribution >= 4 is 5.97 Å². The molecule has 1 heterocycles. The fourth-order valence-electron chi connectivity index (χ4n) is 8.33. The van der Waals surface area contributed by atoms with Crippen molar-refractivity contribution < 1.29 is 18.7 Å². The first kappa shape index (κ1) is 27.9. The van der Waals surface area contributed by atoms with Gasteiger partial charge >= 0.3 is 5.97 Å². The molecule has 0 radical (unpaired) electrons. The molecule has 5 heteroatoms. The van der Waals surface area contributed by atoms with E-state index in [0.717, 1.165) is 32.2 Å². The van der Waals surface area contributed by atoms with E-state index in [4.69, 9.17) is 9.47 Å². The predicted octanol–water partition coefficient (Wildman–Crippen LogP) is 6.87. The minimum Gasteiger partial charge on any atom is -0.426 e. The van der Waals surface area contributed by atoms with Crippen LogP contribution >= 0.6 is 0 Å². The van der Waals surface area contributed by atoms with E-state index in [0.29, 0.717) is 23.3 Å². The predicted molar refractivity (Wildman–Crippen MR) is 160 cm³/mol. The van der Waals surface area contributed by atoms with Gasteiger partial charge in [0.2, 0.25) is 0 Å². The SMILES string of the molecule is CCc1ccccc1.CO[C@H]1CC=CC23CN(C)C4Cc5ccc(OC(=O)C(C)c6cccc(F)c6)cc5C1(C2)C43. The molecule has 0 aromatic heterocycles. The standard InChI is InChI=1S/C28H30FNO3.C8H10/c1-17(18-6-4-7-20(29)12-18)26(31)33-21-10-9-19-13-23-25-27(16-30(23)2)11-5-8-24(32-3)28(25,15-27)22(19)14-21;1-2-8-6-4-3-5-7-8/h4-7,9-12,14,17,23-25H,8,13,15-16H2,1-3H3;3-7H,2H2,1H3/t17?,23?,24-,25?,27?,28?;/m0./s1. The Kier molecular flexibility index (Phi) is 7.37. The molecule has 1 saturated carbocycles. The largest absolute Gasteiger partial charge is 0.426 e. The molecule has 5 unspecified atom stereocenters. The molecule has 1 saturated heterocycles. The molecule has 7 rings (SSSR count). The Morgan fingerprint density at radius 3 is 2.61 bits per heavy atom. The van der Waals surface area contributed by atoms with Crippen molar-refractivity contribution in [1.82, 2.24) is 4.90 Å². The Morgan fingerprint density at radius 1 is 1.10 bits per heavy atom. The normalized spacial score (nSPS) is 29.6. The molecular weight excluding hydrogens is 513 g/mol. The van der Waals surface area contributed by atoms with E-state index in [2.05, 4.69) is 67.4 Å². The molecule has 3 aromatic carbocycles. The van der Waals surface area contributed by atoms with Crippen molar-refractivity contribution in [1.29, 1.82) is 0 Å². The van der Waals surface area contributed by atoms with Crippen molar-refractivity contribution in [2.24, 2.45) is 11.3 Å². The number of ether oxygens (including phenoxy) is 2. The van der Waals surface area contributed by atoms with Gasteiger partial charge in [-0.25, -0.2) is 4.39 Å². The first-order valence-corrected chi connectivity index (χ1v) is 14.9. The highest BCUT2D eigenvalue weighted by molar-refractivity contribution is 5.80. The van der Waals surface area contributed by atoms with E-state index in [1.807, 2.05) is 19.2 Å². The fourth-order valence-corrected chi connectivity index (χ4v) is 8.33. The first-order valence-electron chi connectivity index (χ1n) is 14.9. The van der Waals surface area contributed by atoms with Gasteiger partial charge in [0.25, 0.3) is 0 Å². The Morgan fingerprint density at radius 2 is 1.90 bits per heavy atom. The van der Waals surface area contributed by atoms with Gasteiger partial charge in [-0.15, -0.1) is 0 Å². The van der Waals surface area contributed by atoms with Gasteiger partial charge in [0.05, 0.1) is 12.0 Å². The summed E-state index contributed by atoms with van der Waals surface area (Å²) in [6.45, 7) is 5.01. The van der Waals surface area contributed by atoms with Crippen molar-refractivity contribution in [2.75, 3.05) is 20.7 Å². The molecule has 4 aliphatic rings. The van der Waals surface area contributed by atoms with Crippen LogP contribution in [0.3, 0.4) is 0 Å². The average Bonchev–Trinajstić information content (AvgIpc) is 3.08. The molecule has 6 atom stereocenters. The highest BCUT2D eigenvalue weighted by atomic mass is 19.1. The molecule has 214 valence electrons. The number of hydrogen-bond acceptors (Lipinski definition) is 4. The molecule has 0 amide bonds. The quantitative estimate of drug-likeness (QED) is 0.196. The third-order valence-corrected chi connectivity index (χ3v) is 10.1. The summed E-state index contributed by atoms with van der Waals surface area (Å²) in [4.78, 5) is 15.4. The minimum atomic E-state index is -0.548. The summed E-state index contributed by atoms with van der Waals surface area (Å²) in [6, 6.07) is 23.2. The number of rotatable bonds is 5. The lowest BCUT2D eigenvalue weighted by molar-refractivity contribution is -0.135. The van der Waals surface area contributed by atoms with Crippen molar-refractivity contribution in [3.8, 4) is 5.75 Å². The number of likely N-dealkylation sites (tertiary alicyclic amines) is 1. The number of aryl methyl sites for hydroxylation is 1. The average molecular weight is 554 g/mol. The van der Waals surface area contributed by atoms with Crippen LogP contribution in [-0.2, 0) is 27.8 Å². The molecule has 0 N–H and O–H groups in total. The zero-order chi connectivity index (χ0) is 28.8. The Balaban J connectivity index is 0.000000328. The van der Waals surface area contributed by atoms with E-state index in [9.17, 15) is 9.18 Å². The summed E-state index contributed by atoms with van der Waals surface area (Å²) < 4.78 is 25.6. The number of methoxy groups -OCH3 is 1. The van der Waals surface area contributed by atoms with Gasteiger partial charge in [-0.1, -0.05) is 67.6 Å². The van der Waals surface area contributed by atoms with Gasteiger partial charge < -0.3 is 14.4 Å². The van der Waals surface area contributed by atoms with Crippen molar-refractivity contribution in [3.63, 3.8) is 0 Å². The molecule has 3 aromatic rings. The van der Waals surface area contributed by atoms with E-state index < -0.39 is 5.92 Å². The van der Waals surface area contributed by atoms with Crippen LogP contribution in [0.5, 0.6) is 5.75 Å². The Labute approximate surface area is 243 Å². The van der Waals surface area contributed by atoms with Crippen LogP contribution in [0.25, 0.3) is 0 Å². The second kappa shape index (κ2) is 10.8. The van der Waals surface area contributed by atoms with Crippen molar-refractivity contribution in [3.05, 3.63) is 113 Å². The van der Waals surface area contributed by atoms with Crippen molar-refractivity contribution in [2.45, 2.75) is 63.0 Å². The molecular formula is C36H40FNO3. The summed E-state index contributed by atoms with van der Waals surface area (Å²) >= 11 is 0. The van der Waals surface area contributed by atoms with E-state index in [1.165, 1.54) is 28.8 Å². The van der Waals surface area contributed by atoms with Gasteiger partial charge in [0, 0.05) is 30.5 Å². The third-order valence-electron chi connectivity index (χ3n) is 10.1. The van der Waals surface area contributed by atoms with Crippen LogP contribution in [0.2, 0.25) is 0 Å². The second-order valence-electron chi connectivity index (χ2n) is 12.3. The Bertz CT molecular complexity index is 1450. The maximum atomic E-state index is 13.6. The third kappa shape index (κ3) is 4.64. The van der Waals surface area contributed by atoms with Gasteiger partial charge in [-0.05, 0) is 92.1 Å². The number of halogens is 1. The van der Waals surface area contributed by atoms with Gasteiger partial charge in [-0.2, -0.15) is 0 Å². The van der Waals surface area contributed by atoms with Crippen LogP contribution in [-0.4, -0.2) is 43.7 Å². The monoisotopic (exact) mass is 553 g/mol. The van der Waals surface area contributed by atoms with E-state index in [-0.39, 0.29) is 28.7 Å². The van der Waals surface area contributed by atoms with Gasteiger partial charge in [0.15, 0.2) is 0 Å². The van der Waals surface area contributed by atoms with Crippen LogP contribution in [0.15, 0.2) is 84.9 Å². The summed E-state index contributed by atoms with van der Waals surface area (Å²) in [7, 11) is 4.08. The summed E-state index contributed by atoms with van der Waals surface area (Å²) in [5.41, 5.74) is 4.81. The van der Waals surface area contributed by atoms with Gasteiger partial charge in [0.1, 0.15) is 11.6 Å². The van der Waals surface area contributed by atoms with Crippen LogP contribution in [0.4, 0.5) is 4.39 Å². The zero-order valence-corrected chi connectivity index (χ0v) is 24.5. The minimum absolute atomic E-state index is 0.0577. The molecule has 1 aliphatic heterocycles.